The molecule has 90 valence electrons. The molecular weight excluding hydrogens is 270 g/mol. The predicted octanol–water partition coefficient (Wildman–Crippen LogP) is 1.96. The number of nitrogens with one attached hydrogen (secondary N) is 1. The fraction of sp³-hybridized carbons (Fsp3) is 0.636. The lowest BCUT2D eigenvalue weighted by Crippen LogP contribution is -2.25. The van der Waals surface area contributed by atoms with Gasteiger partial charge in [-0.05, 0) is 18.8 Å². The maximum absolute atomic E-state index is 11.6. The number of hydrogen-bond donors (Lipinski definition) is 1. The SMILES string of the molecule is CC(CBr)CCCNC(=O)c1cn(C)cn1. The number of aromatic nitrogens is 2. The maximum atomic E-state index is 11.6. The molecule has 0 spiro atoms. The first-order chi connectivity index (χ1) is 7.63. The molecule has 5 heteroatoms. The molecule has 4 nitrogen and oxygen atoms in total. The fourth-order valence-corrected chi connectivity index (χ4v) is 1.67. The van der Waals surface area contributed by atoms with Gasteiger partial charge in [0, 0.05) is 25.1 Å². The van der Waals surface area contributed by atoms with Crippen LogP contribution in [0.3, 0.4) is 0 Å². The van der Waals surface area contributed by atoms with Crippen LogP contribution in [0.5, 0.6) is 0 Å². The van der Waals surface area contributed by atoms with Crippen LogP contribution in [0.25, 0.3) is 0 Å². The molecule has 1 aromatic heterocycles. The Morgan fingerprint density at radius 1 is 1.69 bits per heavy atom. The van der Waals surface area contributed by atoms with E-state index in [4.69, 9.17) is 0 Å². The van der Waals surface area contributed by atoms with Crippen LogP contribution in [0.1, 0.15) is 30.3 Å². The largest absolute Gasteiger partial charge is 0.351 e. The van der Waals surface area contributed by atoms with Crippen LogP contribution >= 0.6 is 15.9 Å². The molecule has 16 heavy (non-hydrogen) atoms. The minimum absolute atomic E-state index is 0.0907. The van der Waals surface area contributed by atoms with Crippen LogP contribution < -0.4 is 5.32 Å². The number of carbonyl (C=O) groups excluding carboxylic acids is 1. The number of nitrogens with zero attached hydrogens (tertiary/aromatic N) is 2. The molecule has 0 aliphatic carbocycles. The van der Waals surface area contributed by atoms with Crippen LogP contribution in [0.15, 0.2) is 12.5 Å². The topological polar surface area (TPSA) is 46.9 Å². The predicted molar refractivity (Wildman–Crippen MR) is 67.7 cm³/mol. The van der Waals surface area contributed by atoms with E-state index in [1.807, 2.05) is 7.05 Å². The normalized spacial score (nSPS) is 12.4. The third-order valence-corrected chi connectivity index (χ3v) is 3.47. The number of carbonyl (C=O) groups is 1. The first kappa shape index (κ1) is 13.2. The van der Waals surface area contributed by atoms with Gasteiger partial charge in [-0.1, -0.05) is 22.9 Å². The van der Waals surface area contributed by atoms with Crippen molar-refractivity contribution in [1.82, 2.24) is 14.9 Å². The molecule has 1 atom stereocenters. The second-order valence-electron chi connectivity index (χ2n) is 4.08. The molecule has 0 bridgehead atoms. The zero-order chi connectivity index (χ0) is 12.0. The Kier molecular flexibility index (Phi) is 5.52. The van der Waals surface area contributed by atoms with Gasteiger partial charge in [0.1, 0.15) is 5.69 Å². The highest BCUT2D eigenvalue weighted by Gasteiger charge is 2.07. The molecule has 0 saturated carbocycles. The fourth-order valence-electron chi connectivity index (χ4n) is 1.35. The molecule has 1 heterocycles. The van der Waals surface area contributed by atoms with Gasteiger partial charge in [0.2, 0.25) is 0 Å². The Bertz CT molecular complexity index is 338. The van der Waals surface area contributed by atoms with Gasteiger partial charge in [-0.15, -0.1) is 0 Å². The van der Waals surface area contributed by atoms with Gasteiger partial charge in [-0.2, -0.15) is 0 Å². The van der Waals surface area contributed by atoms with Crippen LogP contribution in [0.4, 0.5) is 0 Å². The van der Waals surface area contributed by atoms with Gasteiger partial charge in [-0.25, -0.2) is 4.98 Å². The van der Waals surface area contributed by atoms with Crippen molar-refractivity contribution in [1.29, 1.82) is 0 Å². The Morgan fingerprint density at radius 3 is 3.00 bits per heavy atom. The van der Waals surface area contributed by atoms with Gasteiger partial charge in [0.15, 0.2) is 0 Å². The molecule has 0 saturated heterocycles. The highest BCUT2D eigenvalue weighted by Crippen LogP contribution is 2.07. The van der Waals surface area contributed by atoms with Gasteiger partial charge in [-0.3, -0.25) is 4.79 Å². The summed E-state index contributed by atoms with van der Waals surface area (Å²) in [7, 11) is 1.85. The number of imidazole rings is 1. The molecule has 1 unspecified atom stereocenters. The van der Waals surface area contributed by atoms with Crippen molar-refractivity contribution in [3.8, 4) is 0 Å². The highest BCUT2D eigenvalue weighted by atomic mass is 79.9. The molecule has 0 fully saturated rings. The van der Waals surface area contributed by atoms with Gasteiger partial charge < -0.3 is 9.88 Å². The standard InChI is InChI=1S/C11H18BrN3O/c1-9(6-12)4-3-5-13-11(16)10-7-15(2)8-14-10/h7-9H,3-6H2,1-2H3,(H,13,16). The molecule has 1 rings (SSSR count). The number of hydrogen-bond acceptors (Lipinski definition) is 2. The number of rotatable bonds is 6. The van der Waals surface area contributed by atoms with E-state index in [-0.39, 0.29) is 5.91 Å². The second-order valence-corrected chi connectivity index (χ2v) is 4.73. The molecule has 0 aliphatic rings. The summed E-state index contributed by atoms with van der Waals surface area (Å²) >= 11 is 3.44. The minimum atomic E-state index is -0.0907. The number of aryl methyl sites for hydroxylation is 1. The summed E-state index contributed by atoms with van der Waals surface area (Å²) < 4.78 is 1.77. The van der Waals surface area contributed by atoms with Crippen molar-refractivity contribution in [3.05, 3.63) is 18.2 Å². The molecule has 1 N–H and O–H groups in total. The van der Waals surface area contributed by atoms with Crippen LogP contribution in [0.2, 0.25) is 0 Å². The van der Waals surface area contributed by atoms with E-state index < -0.39 is 0 Å². The van der Waals surface area contributed by atoms with Gasteiger partial charge in [0.05, 0.1) is 6.33 Å². The van der Waals surface area contributed by atoms with Crippen LogP contribution in [-0.4, -0.2) is 27.3 Å². The lowest BCUT2D eigenvalue weighted by atomic mass is 10.1. The monoisotopic (exact) mass is 287 g/mol. The number of halogens is 1. The summed E-state index contributed by atoms with van der Waals surface area (Å²) in [5.41, 5.74) is 0.482. The summed E-state index contributed by atoms with van der Waals surface area (Å²) in [4.78, 5) is 15.6. The van der Waals surface area contributed by atoms with E-state index in [0.29, 0.717) is 18.2 Å². The van der Waals surface area contributed by atoms with E-state index in [9.17, 15) is 4.79 Å². The van der Waals surface area contributed by atoms with Crippen LogP contribution in [0, 0.1) is 5.92 Å². The molecule has 0 aliphatic heterocycles. The average molecular weight is 288 g/mol. The summed E-state index contributed by atoms with van der Waals surface area (Å²) in [6.45, 7) is 2.90. The van der Waals surface area contributed by atoms with E-state index in [0.717, 1.165) is 18.2 Å². The maximum Gasteiger partial charge on any atom is 0.271 e. The Labute approximate surface area is 105 Å². The van der Waals surface area contributed by atoms with Gasteiger partial charge in [0.25, 0.3) is 5.91 Å². The molecule has 0 aromatic carbocycles. The first-order valence-electron chi connectivity index (χ1n) is 5.45. The number of alkyl halides is 1. The van der Waals surface area contributed by atoms with Gasteiger partial charge >= 0.3 is 0 Å². The van der Waals surface area contributed by atoms with Crippen molar-refractivity contribution in [2.45, 2.75) is 19.8 Å². The van der Waals surface area contributed by atoms with Crippen molar-refractivity contribution in [2.75, 3.05) is 11.9 Å². The molecule has 1 amide bonds. The third-order valence-electron chi connectivity index (χ3n) is 2.36. The summed E-state index contributed by atoms with van der Waals surface area (Å²) in [5.74, 6) is 0.568. The summed E-state index contributed by atoms with van der Waals surface area (Å²) in [6, 6.07) is 0. The van der Waals surface area contributed by atoms with Crippen molar-refractivity contribution < 1.29 is 4.79 Å². The van der Waals surface area contributed by atoms with Crippen molar-refractivity contribution in [3.63, 3.8) is 0 Å². The van der Waals surface area contributed by atoms with E-state index in [1.54, 1.807) is 17.1 Å². The lowest BCUT2D eigenvalue weighted by molar-refractivity contribution is 0.0948. The number of amides is 1. The molecule has 1 aromatic rings. The Morgan fingerprint density at radius 2 is 2.44 bits per heavy atom. The summed E-state index contributed by atoms with van der Waals surface area (Å²) in [6.07, 6.45) is 5.47. The lowest BCUT2D eigenvalue weighted by Gasteiger charge is -2.07. The minimum Gasteiger partial charge on any atom is -0.351 e. The third kappa shape index (κ3) is 4.35. The zero-order valence-corrected chi connectivity index (χ0v) is 11.3. The zero-order valence-electron chi connectivity index (χ0n) is 9.74. The molecule has 0 radical (unpaired) electrons. The van der Waals surface area contributed by atoms with Crippen molar-refractivity contribution in [2.24, 2.45) is 13.0 Å². The summed E-state index contributed by atoms with van der Waals surface area (Å²) in [5, 5.41) is 3.88. The smallest absolute Gasteiger partial charge is 0.271 e. The van der Waals surface area contributed by atoms with E-state index >= 15 is 0 Å². The Hall–Kier alpha value is -0.840. The molecular formula is C11H18BrN3O. The van der Waals surface area contributed by atoms with E-state index in [2.05, 4.69) is 33.2 Å². The second kappa shape index (κ2) is 6.68. The highest BCUT2D eigenvalue weighted by molar-refractivity contribution is 9.09. The average Bonchev–Trinajstić information content (AvgIpc) is 2.70. The van der Waals surface area contributed by atoms with Crippen LogP contribution in [-0.2, 0) is 7.05 Å². The quantitative estimate of drug-likeness (QED) is 0.642. The Balaban J connectivity index is 2.21. The first-order valence-corrected chi connectivity index (χ1v) is 6.57. The van der Waals surface area contributed by atoms with Crippen molar-refractivity contribution >= 4 is 21.8 Å². The van der Waals surface area contributed by atoms with E-state index in [1.165, 1.54) is 0 Å².